The zero-order valence-corrected chi connectivity index (χ0v) is 6.14. The largest absolute Gasteiger partial charge is 0.232 e. The van der Waals surface area contributed by atoms with Gasteiger partial charge in [-0.2, -0.15) is 0 Å². The number of hydrogen-bond acceptors (Lipinski definition) is 2. The van der Waals surface area contributed by atoms with E-state index in [1.807, 2.05) is 0 Å². The van der Waals surface area contributed by atoms with Gasteiger partial charge in [-0.1, -0.05) is 6.08 Å². The van der Waals surface area contributed by atoms with E-state index in [9.17, 15) is 8.42 Å². The summed E-state index contributed by atoms with van der Waals surface area (Å²) in [6.07, 6.45) is 3.00. The molecular weight excluding hydrogens is 136 g/mol. The minimum absolute atomic E-state index is 0.446. The highest BCUT2D eigenvalue weighted by Crippen LogP contribution is 1.98. The number of rotatable bonds is 4. The fraction of sp³-hybridized carbons (Fsp3) is 0.500. The maximum absolute atomic E-state index is 10.1. The van der Waals surface area contributed by atoms with E-state index >= 15 is 0 Å². The van der Waals surface area contributed by atoms with Crippen LogP contribution in [0.1, 0.15) is 12.8 Å². The average molecular weight is 147 g/mol. The van der Waals surface area contributed by atoms with Crippen molar-refractivity contribution in [1.29, 1.82) is 0 Å². The van der Waals surface area contributed by atoms with Gasteiger partial charge in [0.2, 0.25) is 0 Å². The van der Waals surface area contributed by atoms with Gasteiger partial charge in [0.1, 0.15) is 10.7 Å². The molecule has 0 spiro atoms. The molecule has 3 heteroatoms. The van der Waals surface area contributed by atoms with Gasteiger partial charge in [-0.25, -0.2) is 8.42 Å². The van der Waals surface area contributed by atoms with Gasteiger partial charge in [-0.15, -0.1) is 6.58 Å². The molecule has 0 aromatic rings. The monoisotopic (exact) mass is 147 g/mol. The number of hydrogen-bond donors (Lipinski definition) is 1. The van der Waals surface area contributed by atoms with Gasteiger partial charge in [0, 0.05) is 0 Å². The molecule has 0 amide bonds. The van der Waals surface area contributed by atoms with E-state index in [2.05, 4.69) is 13.5 Å². The normalized spacial score (nSPS) is 13.6. The highest BCUT2D eigenvalue weighted by molar-refractivity contribution is 7.73. The van der Waals surface area contributed by atoms with E-state index in [-0.39, 0.29) is 0 Å². The molecule has 1 radical (unpaired) electrons. The summed E-state index contributed by atoms with van der Waals surface area (Å²) >= 11 is 0. The van der Waals surface area contributed by atoms with E-state index in [0.717, 1.165) is 6.42 Å². The van der Waals surface area contributed by atoms with Crippen molar-refractivity contribution in [2.45, 2.75) is 18.1 Å². The molecule has 0 aromatic carbocycles. The van der Waals surface area contributed by atoms with Crippen LogP contribution < -0.4 is 0 Å². The second-order valence-corrected chi connectivity index (χ2v) is 3.11. The lowest BCUT2D eigenvalue weighted by Crippen LogP contribution is -2.02. The second kappa shape index (κ2) is 4.56. The zero-order chi connectivity index (χ0) is 7.28. The highest BCUT2D eigenvalue weighted by Gasteiger charge is 2.00. The Bertz CT molecular complexity index is 141. The van der Waals surface area contributed by atoms with E-state index in [1.165, 1.54) is 0 Å². The minimum atomic E-state index is -2.33. The van der Waals surface area contributed by atoms with Crippen LogP contribution in [0.5, 0.6) is 0 Å². The SMILES string of the molecule is [CH2]C(CCC=C)[SH](=O)=O. The van der Waals surface area contributed by atoms with Crippen molar-refractivity contribution in [3.8, 4) is 0 Å². The zero-order valence-electron chi connectivity index (χ0n) is 5.25. The van der Waals surface area contributed by atoms with Crippen molar-refractivity contribution in [2.75, 3.05) is 0 Å². The summed E-state index contributed by atoms with van der Waals surface area (Å²) in [4.78, 5) is 0. The Labute approximate surface area is 57.5 Å². The fourth-order valence-corrected chi connectivity index (χ4v) is 0.776. The van der Waals surface area contributed by atoms with Crippen LogP contribution in [0.4, 0.5) is 0 Å². The lowest BCUT2D eigenvalue weighted by atomic mass is 10.2. The summed E-state index contributed by atoms with van der Waals surface area (Å²) in [6.45, 7) is 6.90. The van der Waals surface area contributed by atoms with E-state index in [0.29, 0.717) is 6.42 Å². The highest BCUT2D eigenvalue weighted by atomic mass is 32.2. The van der Waals surface area contributed by atoms with Crippen LogP contribution in [0.15, 0.2) is 12.7 Å². The first-order valence-electron chi connectivity index (χ1n) is 2.76. The number of allylic oxidation sites excluding steroid dienone is 1. The van der Waals surface area contributed by atoms with Crippen LogP contribution >= 0.6 is 0 Å². The van der Waals surface area contributed by atoms with Gasteiger partial charge in [-0.05, 0) is 19.8 Å². The Morgan fingerprint density at radius 2 is 2.11 bits per heavy atom. The summed E-state index contributed by atoms with van der Waals surface area (Å²) in [5.74, 6) is 0. The molecule has 2 nitrogen and oxygen atoms in total. The van der Waals surface area contributed by atoms with E-state index in [4.69, 9.17) is 0 Å². The molecule has 9 heavy (non-hydrogen) atoms. The van der Waals surface area contributed by atoms with Gasteiger partial charge in [0.25, 0.3) is 0 Å². The molecule has 53 valence electrons. The van der Waals surface area contributed by atoms with Gasteiger partial charge in [0.15, 0.2) is 0 Å². The molecule has 0 aliphatic carbocycles. The van der Waals surface area contributed by atoms with Crippen molar-refractivity contribution >= 4 is 10.7 Å². The van der Waals surface area contributed by atoms with Crippen LogP contribution in [0.2, 0.25) is 0 Å². The van der Waals surface area contributed by atoms with Crippen LogP contribution in [0.25, 0.3) is 0 Å². The molecule has 0 aromatic heterocycles. The van der Waals surface area contributed by atoms with Gasteiger partial charge >= 0.3 is 0 Å². The molecule has 0 saturated heterocycles. The number of thiol groups is 1. The Hall–Kier alpha value is -0.310. The van der Waals surface area contributed by atoms with Gasteiger partial charge in [-0.3, -0.25) is 0 Å². The Kier molecular flexibility index (Phi) is 4.40. The first-order valence-corrected chi connectivity index (χ1v) is 4.00. The van der Waals surface area contributed by atoms with Crippen molar-refractivity contribution in [1.82, 2.24) is 0 Å². The molecule has 0 N–H and O–H groups in total. The summed E-state index contributed by atoms with van der Waals surface area (Å²) < 4.78 is 20.3. The molecule has 1 unspecified atom stereocenters. The maximum Gasteiger partial charge on any atom is 0.143 e. The quantitative estimate of drug-likeness (QED) is 0.470. The lowest BCUT2D eigenvalue weighted by Gasteiger charge is -1.97. The van der Waals surface area contributed by atoms with Crippen LogP contribution in [-0.2, 0) is 10.7 Å². The van der Waals surface area contributed by atoms with Gasteiger partial charge < -0.3 is 0 Å². The molecule has 0 aliphatic heterocycles. The maximum atomic E-state index is 10.1. The summed E-state index contributed by atoms with van der Waals surface area (Å²) in [7, 11) is -2.33. The Morgan fingerprint density at radius 3 is 2.44 bits per heavy atom. The van der Waals surface area contributed by atoms with Crippen molar-refractivity contribution in [3.63, 3.8) is 0 Å². The van der Waals surface area contributed by atoms with E-state index < -0.39 is 16.0 Å². The second-order valence-electron chi connectivity index (χ2n) is 1.81. The Balaban J connectivity index is 3.50. The standard InChI is InChI=1S/C6H11O2S/c1-3-4-5-6(2)9(7)8/h3,6,9H,1-2,4-5H2. The van der Waals surface area contributed by atoms with E-state index in [1.54, 1.807) is 6.08 Å². The van der Waals surface area contributed by atoms with Gasteiger partial charge in [0.05, 0.1) is 5.25 Å². The Morgan fingerprint density at radius 1 is 1.56 bits per heavy atom. The van der Waals surface area contributed by atoms with Crippen molar-refractivity contribution < 1.29 is 8.42 Å². The third kappa shape index (κ3) is 4.21. The van der Waals surface area contributed by atoms with Crippen molar-refractivity contribution in [2.24, 2.45) is 0 Å². The smallest absolute Gasteiger partial charge is 0.143 e. The predicted molar refractivity (Wildman–Crippen MR) is 38.9 cm³/mol. The summed E-state index contributed by atoms with van der Waals surface area (Å²) in [5, 5.41) is -0.446. The molecule has 0 heterocycles. The van der Waals surface area contributed by atoms with Crippen molar-refractivity contribution in [3.05, 3.63) is 19.6 Å². The average Bonchev–Trinajstić information content (AvgIpc) is 1.82. The minimum Gasteiger partial charge on any atom is -0.232 e. The molecule has 0 aliphatic rings. The third-order valence-electron chi connectivity index (χ3n) is 1.00. The predicted octanol–water partition coefficient (Wildman–Crippen LogP) is 0.767. The van der Waals surface area contributed by atoms with Crippen LogP contribution in [0.3, 0.4) is 0 Å². The third-order valence-corrected chi connectivity index (χ3v) is 1.86. The molecule has 0 saturated carbocycles. The molecule has 1 atom stereocenters. The molecule has 0 bridgehead atoms. The molecule has 0 rings (SSSR count). The first-order chi connectivity index (χ1) is 4.18. The van der Waals surface area contributed by atoms with Crippen LogP contribution in [-0.4, -0.2) is 13.7 Å². The fourth-order valence-electron chi connectivity index (χ4n) is 0.416. The molecule has 0 fully saturated rings. The van der Waals surface area contributed by atoms with Crippen LogP contribution in [0, 0.1) is 6.92 Å². The summed E-state index contributed by atoms with van der Waals surface area (Å²) in [5.41, 5.74) is 0. The summed E-state index contributed by atoms with van der Waals surface area (Å²) in [6, 6.07) is 0. The molecular formula is C6H11O2S. The first kappa shape index (κ1) is 8.69. The topological polar surface area (TPSA) is 34.1 Å². The lowest BCUT2D eigenvalue weighted by molar-refractivity contribution is 0.603.